The second kappa shape index (κ2) is 4.18. The molecule has 10 heteroatoms. The molecule has 0 bridgehead atoms. The summed E-state index contributed by atoms with van der Waals surface area (Å²) in [6.07, 6.45) is 0. The fourth-order valence-corrected chi connectivity index (χ4v) is 1.45. The molecule has 0 fully saturated rings. The lowest BCUT2D eigenvalue weighted by molar-refractivity contribution is -0.979. The molecule has 0 rings (SSSR count). The molecule has 0 unspecified atom stereocenters. The van der Waals surface area contributed by atoms with Crippen LogP contribution >= 0.6 is 0 Å². The average Bonchev–Trinajstić information content (AvgIpc) is 1.98. The minimum absolute atomic E-state index is 0.451. The van der Waals surface area contributed by atoms with E-state index in [1.54, 1.807) is 0 Å². The van der Waals surface area contributed by atoms with Crippen LogP contribution in [0.15, 0.2) is 0 Å². The van der Waals surface area contributed by atoms with Crippen molar-refractivity contribution in [1.29, 1.82) is 5.41 Å². The third-order valence-corrected chi connectivity index (χ3v) is 2.64. The van der Waals surface area contributed by atoms with Gasteiger partial charge in [-0.15, -0.1) is 4.65 Å². The Morgan fingerprint density at radius 2 is 1.69 bits per heavy atom. The predicted molar refractivity (Wildman–Crippen MR) is 49.6 cm³/mol. The molecule has 0 saturated carbocycles. The quantitative estimate of drug-likeness (QED) is 0.257. The molecule has 0 aromatic rings. The van der Waals surface area contributed by atoms with E-state index in [0.29, 0.717) is 0 Å². The summed E-state index contributed by atoms with van der Waals surface area (Å²) in [7, 11) is -0.956. The number of guanidine groups is 1. The Morgan fingerprint density at radius 1 is 1.31 bits per heavy atom. The lowest BCUT2D eigenvalue weighted by Crippen LogP contribution is -2.53. The number of nitrogens with zero attached hydrogens (tertiary/aromatic N) is 2. The van der Waals surface area contributed by atoms with E-state index in [1.807, 2.05) is 0 Å². The lowest BCUT2D eigenvalue weighted by Gasteiger charge is -2.28. The normalized spacial score (nSPS) is 13.7. The van der Waals surface area contributed by atoms with Crippen LogP contribution < -0.4 is 0 Å². The predicted octanol–water partition coefficient (Wildman–Crippen LogP) is 0.340. The van der Waals surface area contributed by atoms with Crippen molar-refractivity contribution in [2.45, 2.75) is 5.51 Å². The minimum atomic E-state index is -5.73. The molecule has 0 amide bonds. The SMILES string of the molecule is CN(C)C(=N)[N+](C)(C)OS(=O)(=O)C(F)(F)F. The summed E-state index contributed by atoms with van der Waals surface area (Å²) in [4.78, 5) is 1.13. The van der Waals surface area contributed by atoms with Crippen molar-refractivity contribution in [3.8, 4) is 0 Å². The smallest absolute Gasteiger partial charge is 0.315 e. The molecule has 1 N–H and O–H groups in total. The Bertz CT molecular complexity index is 374. The zero-order chi connectivity index (χ0) is 13.4. The van der Waals surface area contributed by atoms with Crippen LogP contribution in [-0.4, -0.2) is 57.6 Å². The standard InChI is InChI=1S/C6H13F3N3O3S/c1-11(2)5(10)12(3,4)15-16(13,14)6(7,8)9/h10H,1-4H3/q+1. The molecule has 0 aliphatic heterocycles. The van der Waals surface area contributed by atoms with Crippen molar-refractivity contribution >= 4 is 16.1 Å². The fraction of sp³-hybridized carbons (Fsp3) is 0.833. The van der Waals surface area contributed by atoms with Crippen LogP contribution in [0.3, 0.4) is 0 Å². The van der Waals surface area contributed by atoms with Crippen LogP contribution in [0.4, 0.5) is 13.2 Å². The van der Waals surface area contributed by atoms with Crippen LogP contribution in [0.2, 0.25) is 0 Å². The molecular formula is C6H13F3N3O3S+. The molecule has 6 nitrogen and oxygen atoms in total. The van der Waals surface area contributed by atoms with Crippen LogP contribution in [0.25, 0.3) is 0 Å². The highest BCUT2D eigenvalue weighted by molar-refractivity contribution is 7.87. The van der Waals surface area contributed by atoms with E-state index in [4.69, 9.17) is 5.41 Å². The van der Waals surface area contributed by atoms with E-state index < -0.39 is 26.2 Å². The number of alkyl halides is 3. The first-order chi connectivity index (χ1) is 6.81. The molecule has 16 heavy (non-hydrogen) atoms. The molecule has 0 aromatic carbocycles. The van der Waals surface area contributed by atoms with Crippen LogP contribution in [0.1, 0.15) is 0 Å². The molecule has 96 valence electrons. The molecule has 0 heterocycles. The van der Waals surface area contributed by atoms with Gasteiger partial charge in [0.05, 0.1) is 0 Å². The fourth-order valence-electron chi connectivity index (χ4n) is 0.805. The van der Waals surface area contributed by atoms with Gasteiger partial charge in [0.15, 0.2) is 0 Å². The van der Waals surface area contributed by atoms with Crippen molar-refractivity contribution < 1.29 is 30.5 Å². The number of rotatable bonds is 2. The largest absolute Gasteiger partial charge is 0.528 e. The van der Waals surface area contributed by atoms with E-state index in [0.717, 1.165) is 19.0 Å². The number of hydroxylamine groups is 3. The lowest BCUT2D eigenvalue weighted by atomic mass is 10.7. The van der Waals surface area contributed by atoms with E-state index in [1.165, 1.54) is 14.1 Å². The third kappa shape index (κ3) is 3.32. The van der Waals surface area contributed by atoms with Gasteiger partial charge in [0.1, 0.15) is 14.1 Å². The summed E-state index contributed by atoms with van der Waals surface area (Å²) >= 11 is 0. The maximum absolute atomic E-state index is 12.0. The van der Waals surface area contributed by atoms with Gasteiger partial charge in [0, 0.05) is 14.1 Å². The number of hydrogen-bond donors (Lipinski definition) is 1. The molecule has 0 spiro atoms. The van der Waals surface area contributed by atoms with Gasteiger partial charge in [-0.3, -0.25) is 0 Å². The highest BCUT2D eigenvalue weighted by Gasteiger charge is 2.53. The monoisotopic (exact) mass is 264 g/mol. The van der Waals surface area contributed by atoms with Crippen molar-refractivity contribution in [1.82, 2.24) is 4.90 Å². The van der Waals surface area contributed by atoms with E-state index >= 15 is 0 Å². The van der Waals surface area contributed by atoms with Gasteiger partial charge in [0.2, 0.25) is 0 Å². The third-order valence-electron chi connectivity index (χ3n) is 1.50. The number of quaternary nitrogens is 1. The van der Waals surface area contributed by atoms with Gasteiger partial charge < -0.3 is 4.90 Å². The maximum atomic E-state index is 12.0. The molecule has 0 aromatic heterocycles. The summed E-state index contributed by atoms with van der Waals surface area (Å²) < 4.78 is 60.2. The summed E-state index contributed by atoms with van der Waals surface area (Å²) in [5.74, 6) is -0.451. The topological polar surface area (TPSA) is 70.5 Å². The minimum Gasteiger partial charge on any atom is -0.315 e. The summed E-state index contributed by atoms with van der Waals surface area (Å²) in [6.45, 7) is 0. The Hall–Kier alpha value is -0.870. The van der Waals surface area contributed by atoms with Crippen molar-refractivity contribution in [3.63, 3.8) is 0 Å². The van der Waals surface area contributed by atoms with E-state index in [9.17, 15) is 21.6 Å². The second-order valence-electron chi connectivity index (χ2n) is 3.54. The maximum Gasteiger partial charge on any atom is 0.528 e. The first-order valence-electron chi connectivity index (χ1n) is 3.94. The molecule has 0 atom stereocenters. The van der Waals surface area contributed by atoms with Crippen molar-refractivity contribution in [3.05, 3.63) is 0 Å². The highest BCUT2D eigenvalue weighted by atomic mass is 32.2. The summed E-state index contributed by atoms with van der Waals surface area (Å²) in [5, 5.41) is 7.37. The average molecular weight is 264 g/mol. The first kappa shape index (κ1) is 15.1. The van der Waals surface area contributed by atoms with E-state index in [2.05, 4.69) is 4.28 Å². The summed E-state index contributed by atoms with van der Waals surface area (Å²) in [5.41, 5.74) is -5.50. The van der Waals surface area contributed by atoms with E-state index in [-0.39, 0.29) is 0 Å². The van der Waals surface area contributed by atoms with Crippen molar-refractivity contribution in [2.24, 2.45) is 0 Å². The van der Waals surface area contributed by atoms with Gasteiger partial charge in [-0.05, 0) is 0 Å². The Labute approximate surface area is 91.4 Å². The first-order valence-corrected chi connectivity index (χ1v) is 5.35. The zero-order valence-electron chi connectivity index (χ0n) is 9.16. The number of hydrogen-bond acceptors (Lipinski definition) is 4. The van der Waals surface area contributed by atoms with Crippen LogP contribution in [0, 0.1) is 5.41 Å². The van der Waals surface area contributed by atoms with Crippen molar-refractivity contribution in [2.75, 3.05) is 28.2 Å². The van der Waals surface area contributed by atoms with Gasteiger partial charge in [-0.25, -0.2) is 5.41 Å². The number of halogens is 3. The zero-order valence-corrected chi connectivity index (χ0v) is 9.98. The Morgan fingerprint density at radius 3 is 1.94 bits per heavy atom. The molecule has 0 saturated heterocycles. The highest BCUT2D eigenvalue weighted by Crippen LogP contribution is 2.26. The van der Waals surface area contributed by atoms with Gasteiger partial charge in [-0.2, -0.15) is 21.6 Å². The molecular weight excluding hydrogens is 251 g/mol. The second-order valence-corrected chi connectivity index (χ2v) is 5.06. The Kier molecular flexibility index (Phi) is 3.96. The van der Waals surface area contributed by atoms with Crippen LogP contribution in [-0.2, 0) is 14.4 Å². The Balaban J connectivity index is 5.08. The number of nitrogens with one attached hydrogen (secondary N) is 1. The molecule has 0 aliphatic rings. The van der Waals surface area contributed by atoms with Gasteiger partial charge >= 0.3 is 21.6 Å². The summed E-state index contributed by atoms with van der Waals surface area (Å²) in [6, 6.07) is 0. The molecule has 0 aliphatic carbocycles. The molecule has 0 radical (unpaired) electrons. The van der Waals surface area contributed by atoms with Gasteiger partial charge in [-0.1, -0.05) is 4.28 Å². The van der Waals surface area contributed by atoms with Crippen LogP contribution in [0.5, 0.6) is 0 Å². The van der Waals surface area contributed by atoms with Gasteiger partial charge in [0.25, 0.3) is 0 Å².